The van der Waals surface area contributed by atoms with E-state index in [9.17, 15) is 9.59 Å². The van der Waals surface area contributed by atoms with Gasteiger partial charge in [0, 0.05) is 15.6 Å². The van der Waals surface area contributed by atoms with Crippen LogP contribution in [0.25, 0.3) is 0 Å². The highest BCUT2D eigenvalue weighted by atomic mass is 79.9. The van der Waals surface area contributed by atoms with Crippen molar-refractivity contribution in [2.75, 3.05) is 0 Å². The van der Waals surface area contributed by atoms with Crippen molar-refractivity contribution in [1.82, 2.24) is 0 Å². The van der Waals surface area contributed by atoms with Gasteiger partial charge in [-0.2, -0.15) is 0 Å². The Morgan fingerprint density at radius 3 is 2.72 bits per heavy atom. The molecule has 0 spiro atoms. The number of hydrogen-bond donors (Lipinski definition) is 0. The van der Waals surface area contributed by atoms with E-state index in [2.05, 4.69) is 15.9 Å². The van der Waals surface area contributed by atoms with Gasteiger partial charge in [-0.25, -0.2) is 0 Å². The number of Topliss-reactive ketones (excluding diaryl/α,β-unsaturated/α-hetero) is 2. The van der Waals surface area contributed by atoms with Crippen LogP contribution in [0.4, 0.5) is 0 Å². The first-order valence-electron chi connectivity index (χ1n) is 5.90. The molecule has 90 valence electrons. The van der Waals surface area contributed by atoms with E-state index in [0.29, 0.717) is 17.6 Å². The normalized spacial score (nSPS) is 29.9. The van der Waals surface area contributed by atoms with Gasteiger partial charge in [0.05, 0.1) is 11.8 Å². The van der Waals surface area contributed by atoms with Crippen LogP contribution in [-0.4, -0.2) is 11.6 Å². The van der Waals surface area contributed by atoms with Crippen LogP contribution < -0.4 is 0 Å². The van der Waals surface area contributed by atoms with E-state index in [1.807, 2.05) is 36.5 Å². The number of carbonyl (C=O) groups is 2. The molecular formula is C15H11BrO2. The Balaban J connectivity index is 2.12. The molecule has 3 aliphatic rings. The standard InChI is InChI=1S/C15H11BrO2/c16-9-6-7-12-13(8-9)15(18)11-5-3-1-2-4-10(11)14(12)17/h1-2,4-8,12-13H,3H2. The molecule has 0 aromatic heterocycles. The maximum Gasteiger partial charge on any atom is 0.171 e. The van der Waals surface area contributed by atoms with Crippen LogP contribution in [0, 0.1) is 11.8 Å². The first-order valence-corrected chi connectivity index (χ1v) is 6.69. The van der Waals surface area contributed by atoms with Gasteiger partial charge in [0.25, 0.3) is 0 Å². The zero-order valence-electron chi connectivity index (χ0n) is 9.60. The molecule has 0 saturated heterocycles. The number of rotatable bonds is 0. The Kier molecular flexibility index (Phi) is 2.78. The van der Waals surface area contributed by atoms with Gasteiger partial charge in [-0.3, -0.25) is 9.59 Å². The third-order valence-electron chi connectivity index (χ3n) is 3.47. The van der Waals surface area contributed by atoms with Crippen molar-refractivity contribution in [3.05, 3.63) is 58.2 Å². The highest BCUT2D eigenvalue weighted by Gasteiger charge is 2.41. The predicted octanol–water partition coefficient (Wildman–Crippen LogP) is 3.03. The number of ketones is 2. The Labute approximate surface area is 114 Å². The number of carbonyl (C=O) groups excluding carboxylic acids is 2. The lowest BCUT2D eigenvalue weighted by atomic mass is 9.70. The molecule has 0 aliphatic heterocycles. The van der Waals surface area contributed by atoms with E-state index in [1.165, 1.54) is 0 Å². The molecule has 0 bridgehead atoms. The first-order chi connectivity index (χ1) is 8.68. The smallest absolute Gasteiger partial charge is 0.171 e. The second-order valence-electron chi connectivity index (χ2n) is 4.55. The molecule has 0 aromatic carbocycles. The summed E-state index contributed by atoms with van der Waals surface area (Å²) in [5.74, 6) is -0.590. The Morgan fingerprint density at radius 1 is 1.11 bits per heavy atom. The van der Waals surface area contributed by atoms with E-state index >= 15 is 0 Å². The minimum Gasteiger partial charge on any atom is -0.293 e. The largest absolute Gasteiger partial charge is 0.293 e. The van der Waals surface area contributed by atoms with Gasteiger partial charge in [-0.15, -0.1) is 0 Å². The van der Waals surface area contributed by atoms with Crippen molar-refractivity contribution in [2.45, 2.75) is 6.42 Å². The van der Waals surface area contributed by atoms with E-state index < -0.39 is 0 Å². The van der Waals surface area contributed by atoms with Crippen LogP contribution in [0.5, 0.6) is 0 Å². The minimum atomic E-state index is -0.349. The van der Waals surface area contributed by atoms with E-state index in [1.54, 1.807) is 6.08 Å². The molecule has 0 amide bonds. The number of allylic oxidation sites excluding steroid dienone is 10. The summed E-state index contributed by atoms with van der Waals surface area (Å²) in [6, 6.07) is 0. The molecular weight excluding hydrogens is 292 g/mol. The fourth-order valence-corrected chi connectivity index (χ4v) is 3.01. The third-order valence-corrected chi connectivity index (χ3v) is 4.00. The molecule has 1 saturated carbocycles. The van der Waals surface area contributed by atoms with Gasteiger partial charge >= 0.3 is 0 Å². The third kappa shape index (κ3) is 1.70. The second kappa shape index (κ2) is 4.32. The van der Waals surface area contributed by atoms with Gasteiger partial charge in [0.2, 0.25) is 0 Å². The van der Waals surface area contributed by atoms with Crippen molar-refractivity contribution in [1.29, 1.82) is 0 Å². The molecule has 2 atom stereocenters. The number of fused-ring (bicyclic) bond motifs is 2. The lowest BCUT2D eigenvalue weighted by Gasteiger charge is -2.30. The molecule has 3 rings (SSSR count). The molecule has 0 N–H and O–H groups in total. The fourth-order valence-electron chi connectivity index (χ4n) is 2.57. The van der Waals surface area contributed by atoms with E-state index in [-0.39, 0.29) is 23.4 Å². The van der Waals surface area contributed by atoms with Crippen molar-refractivity contribution < 1.29 is 9.59 Å². The summed E-state index contributed by atoms with van der Waals surface area (Å²) in [4.78, 5) is 24.9. The van der Waals surface area contributed by atoms with Gasteiger partial charge < -0.3 is 0 Å². The zero-order valence-corrected chi connectivity index (χ0v) is 11.2. The average Bonchev–Trinajstić information content (AvgIpc) is 2.61. The molecule has 3 aliphatic carbocycles. The highest BCUT2D eigenvalue weighted by molar-refractivity contribution is 9.11. The van der Waals surface area contributed by atoms with Gasteiger partial charge in [-0.05, 0) is 6.42 Å². The summed E-state index contributed by atoms with van der Waals surface area (Å²) in [5.41, 5.74) is 1.14. The van der Waals surface area contributed by atoms with Gasteiger partial charge in [0.1, 0.15) is 0 Å². The van der Waals surface area contributed by atoms with Gasteiger partial charge in [0.15, 0.2) is 11.6 Å². The predicted molar refractivity (Wildman–Crippen MR) is 73.1 cm³/mol. The fraction of sp³-hybridized carbons (Fsp3) is 0.200. The summed E-state index contributed by atoms with van der Waals surface area (Å²) in [6.07, 6.45) is 13.6. The SMILES string of the molecule is O=C1C2=CC=CCC=C2C(=O)C2C=C(Br)C=CC12. The quantitative estimate of drug-likeness (QED) is 0.689. The summed E-state index contributed by atoms with van der Waals surface area (Å²) >= 11 is 3.37. The van der Waals surface area contributed by atoms with Crippen molar-refractivity contribution >= 4 is 27.5 Å². The Morgan fingerprint density at radius 2 is 1.89 bits per heavy atom. The molecule has 18 heavy (non-hydrogen) atoms. The molecule has 0 radical (unpaired) electrons. The van der Waals surface area contributed by atoms with Crippen LogP contribution in [0.1, 0.15) is 6.42 Å². The first kappa shape index (κ1) is 11.6. The number of hydrogen-bond acceptors (Lipinski definition) is 2. The summed E-state index contributed by atoms with van der Waals surface area (Å²) in [6.45, 7) is 0. The lowest BCUT2D eigenvalue weighted by molar-refractivity contribution is -0.127. The van der Waals surface area contributed by atoms with Crippen LogP contribution >= 0.6 is 15.9 Å². The van der Waals surface area contributed by atoms with Crippen LogP contribution in [0.2, 0.25) is 0 Å². The average molecular weight is 303 g/mol. The van der Waals surface area contributed by atoms with Crippen molar-refractivity contribution in [3.63, 3.8) is 0 Å². The van der Waals surface area contributed by atoms with E-state index in [4.69, 9.17) is 0 Å². The summed E-state index contributed by atoms with van der Waals surface area (Å²) in [7, 11) is 0. The van der Waals surface area contributed by atoms with Crippen molar-refractivity contribution in [3.8, 4) is 0 Å². The van der Waals surface area contributed by atoms with Crippen molar-refractivity contribution in [2.24, 2.45) is 11.8 Å². The molecule has 2 unspecified atom stereocenters. The monoisotopic (exact) mass is 302 g/mol. The Bertz CT molecular complexity index is 588. The summed E-state index contributed by atoms with van der Waals surface area (Å²) in [5, 5.41) is 0. The maximum absolute atomic E-state index is 12.4. The minimum absolute atomic E-state index is 0.0462. The van der Waals surface area contributed by atoms with Crippen LogP contribution in [0.15, 0.2) is 58.2 Å². The maximum atomic E-state index is 12.4. The number of halogens is 1. The van der Waals surface area contributed by atoms with E-state index in [0.717, 1.165) is 4.48 Å². The topological polar surface area (TPSA) is 34.1 Å². The van der Waals surface area contributed by atoms with Crippen LogP contribution in [-0.2, 0) is 9.59 Å². The molecule has 3 heteroatoms. The summed E-state index contributed by atoms with van der Waals surface area (Å²) < 4.78 is 0.865. The molecule has 0 heterocycles. The molecule has 0 aromatic rings. The zero-order chi connectivity index (χ0) is 12.7. The Hall–Kier alpha value is -1.48. The molecule has 1 fully saturated rings. The lowest BCUT2D eigenvalue weighted by Crippen LogP contribution is -2.37. The van der Waals surface area contributed by atoms with Gasteiger partial charge in [-0.1, -0.05) is 58.5 Å². The second-order valence-corrected chi connectivity index (χ2v) is 5.47. The molecule has 2 nitrogen and oxygen atoms in total. The van der Waals surface area contributed by atoms with Crippen LogP contribution in [0.3, 0.4) is 0 Å². The highest BCUT2D eigenvalue weighted by Crippen LogP contribution is 2.38.